The summed E-state index contributed by atoms with van der Waals surface area (Å²) in [7, 11) is 1.60. The van der Waals surface area contributed by atoms with Gasteiger partial charge in [0.05, 0.1) is 18.5 Å². The zero-order valence-electron chi connectivity index (χ0n) is 12.6. The molecule has 0 aliphatic rings. The van der Waals surface area contributed by atoms with Crippen LogP contribution in [0.15, 0.2) is 30.3 Å². The summed E-state index contributed by atoms with van der Waals surface area (Å²) in [5.41, 5.74) is 6.49. The SMILES string of the molecule is COc1ccc(-n2nc(C(C)(C)C)cc2OC(N)=O)cc1. The van der Waals surface area contributed by atoms with Gasteiger partial charge in [-0.3, -0.25) is 0 Å². The number of amides is 1. The Hall–Kier alpha value is -2.50. The van der Waals surface area contributed by atoms with Crippen molar-refractivity contribution in [3.63, 3.8) is 0 Å². The lowest BCUT2D eigenvalue weighted by Gasteiger charge is -2.14. The summed E-state index contributed by atoms with van der Waals surface area (Å²) in [6.45, 7) is 6.09. The first-order valence-corrected chi connectivity index (χ1v) is 6.53. The highest BCUT2D eigenvalue weighted by Crippen LogP contribution is 2.28. The lowest BCUT2D eigenvalue weighted by atomic mass is 9.93. The highest BCUT2D eigenvalue weighted by molar-refractivity contribution is 5.67. The van der Waals surface area contributed by atoms with Gasteiger partial charge in [0.1, 0.15) is 5.75 Å². The molecule has 112 valence electrons. The van der Waals surface area contributed by atoms with E-state index in [1.807, 2.05) is 45.0 Å². The Balaban J connectivity index is 2.48. The molecule has 0 radical (unpaired) electrons. The van der Waals surface area contributed by atoms with E-state index < -0.39 is 6.09 Å². The van der Waals surface area contributed by atoms with Gasteiger partial charge in [0.2, 0.25) is 5.88 Å². The molecule has 1 aromatic heterocycles. The monoisotopic (exact) mass is 289 g/mol. The molecule has 1 amide bonds. The van der Waals surface area contributed by atoms with Gasteiger partial charge in [-0.15, -0.1) is 0 Å². The van der Waals surface area contributed by atoms with Crippen molar-refractivity contribution in [3.8, 4) is 17.3 Å². The molecule has 0 atom stereocenters. The molecule has 0 fully saturated rings. The number of nitrogens with zero attached hydrogens (tertiary/aromatic N) is 2. The Bertz CT molecular complexity index is 639. The van der Waals surface area contributed by atoms with E-state index in [2.05, 4.69) is 5.10 Å². The van der Waals surface area contributed by atoms with E-state index in [1.165, 1.54) is 0 Å². The molecule has 0 aliphatic heterocycles. The number of hydrogen-bond donors (Lipinski definition) is 1. The van der Waals surface area contributed by atoms with Crippen molar-refractivity contribution in [1.29, 1.82) is 0 Å². The number of methoxy groups -OCH3 is 1. The van der Waals surface area contributed by atoms with Gasteiger partial charge < -0.3 is 15.2 Å². The molecule has 21 heavy (non-hydrogen) atoms. The van der Waals surface area contributed by atoms with Gasteiger partial charge in [-0.05, 0) is 24.3 Å². The number of carbonyl (C=O) groups excluding carboxylic acids is 1. The molecule has 2 N–H and O–H groups in total. The molecule has 0 saturated carbocycles. The van der Waals surface area contributed by atoms with E-state index in [9.17, 15) is 4.79 Å². The molecule has 2 aromatic rings. The molecule has 2 rings (SSSR count). The predicted molar refractivity (Wildman–Crippen MR) is 79.0 cm³/mol. The number of primary amides is 1. The zero-order chi connectivity index (χ0) is 15.6. The Morgan fingerprint density at radius 1 is 1.24 bits per heavy atom. The van der Waals surface area contributed by atoms with Crippen molar-refractivity contribution in [2.45, 2.75) is 26.2 Å². The molecule has 0 aliphatic carbocycles. The van der Waals surface area contributed by atoms with Gasteiger partial charge in [0, 0.05) is 11.5 Å². The lowest BCUT2D eigenvalue weighted by molar-refractivity contribution is 0.207. The van der Waals surface area contributed by atoms with Gasteiger partial charge in [-0.1, -0.05) is 20.8 Å². The Labute approximate surface area is 123 Å². The minimum Gasteiger partial charge on any atom is -0.497 e. The van der Waals surface area contributed by atoms with Crippen molar-refractivity contribution in [1.82, 2.24) is 9.78 Å². The molecule has 0 bridgehead atoms. The average Bonchev–Trinajstić information content (AvgIpc) is 2.82. The first-order valence-electron chi connectivity index (χ1n) is 6.53. The lowest BCUT2D eigenvalue weighted by Crippen LogP contribution is -2.18. The second kappa shape index (κ2) is 5.47. The van der Waals surface area contributed by atoms with Crippen LogP contribution in [0.2, 0.25) is 0 Å². The quantitative estimate of drug-likeness (QED) is 0.942. The molecule has 6 heteroatoms. The van der Waals surface area contributed by atoms with Crippen molar-refractivity contribution < 1.29 is 14.3 Å². The van der Waals surface area contributed by atoms with E-state index in [0.717, 1.165) is 17.1 Å². The molecule has 0 saturated heterocycles. The summed E-state index contributed by atoms with van der Waals surface area (Å²) in [6.07, 6.45) is -0.870. The third-order valence-corrected chi connectivity index (χ3v) is 2.97. The van der Waals surface area contributed by atoms with Crippen LogP contribution in [0.5, 0.6) is 11.6 Å². The Morgan fingerprint density at radius 2 is 1.86 bits per heavy atom. The van der Waals surface area contributed by atoms with E-state index in [-0.39, 0.29) is 11.3 Å². The van der Waals surface area contributed by atoms with Gasteiger partial charge in [-0.2, -0.15) is 5.10 Å². The molecular formula is C15H19N3O3. The third kappa shape index (κ3) is 3.34. The fourth-order valence-corrected chi connectivity index (χ4v) is 1.81. The number of nitrogens with two attached hydrogens (primary N) is 1. The number of ether oxygens (including phenoxy) is 2. The highest BCUT2D eigenvalue weighted by Gasteiger charge is 2.22. The molecule has 6 nitrogen and oxygen atoms in total. The molecule has 0 spiro atoms. The van der Waals surface area contributed by atoms with Crippen LogP contribution < -0.4 is 15.2 Å². The van der Waals surface area contributed by atoms with Crippen LogP contribution in [0.1, 0.15) is 26.5 Å². The van der Waals surface area contributed by atoms with E-state index in [0.29, 0.717) is 0 Å². The fourth-order valence-electron chi connectivity index (χ4n) is 1.81. The second-order valence-corrected chi connectivity index (χ2v) is 5.65. The summed E-state index contributed by atoms with van der Waals surface area (Å²) in [6, 6.07) is 8.98. The van der Waals surface area contributed by atoms with Crippen LogP contribution in [-0.4, -0.2) is 23.0 Å². The largest absolute Gasteiger partial charge is 0.497 e. The standard InChI is InChI=1S/C15H19N3O3/c1-15(2,3)12-9-13(21-14(16)19)18(17-12)10-5-7-11(20-4)8-6-10/h5-9H,1-4H3,(H2,16,19). The predicted octanol–water partition coefficient (Wildman–Crippen LogP) is 2.64. The number of benzene rings is 1. The van der Waals surface area contributed by atoms with Gasteiger partial charge in [0.25, 0.3) is 0 Å². The molecule has 0 unspecified atom stereocenters. The smallest absolute Gasteiger partial charge is 0.411 e. The second-order valence-electron chi connectivity index (χ2n) is 5.65. The van der Waals surface area contributed by atoms with Gasteiger partial charge in [-0.25, -0.2) is 9.48 Å². The Morgan fingerprint density at radius 3 is 2.33 bits per heavy atom. The molecule has 1 heterocycles. The number of hydrogen-bond acceptors (Lipinski definition) is 4. The van der Waals surface area contributed by atoms with E-state index in [4.69, 9.17) is 15.2 Å². The molecule has 1 aromatic carbocycles. The van der Waals surface area contributed by atoms with Crippen LogP contribution in [0.4, 0.5) is 4.79 Å². The average molecular weight is 289 g/mol. The normalized spacial score (nSPS) is 11.2. The van der Waals surface area contributed by atoms with Crippen LogP contribution >= 0.6 is 0 Å². The fraction of sp³-hybridized carbons (Fsp3) is 0.333. The maximum atomic E-state index is 11.1. The van der Waals surface area contributed by atoms with Crippen molar-refractivity contribution >= 4 is 6.09 Å². The van der Waals surface area contributed by atoms with Crippen LogP contribution in [0.25, 0.3) is 5.69 Å². The minimum absolute atomic E-state index is 0.173. The van der Waals surface area contributed by atoms with Crippen molar-refractivity contribution in [3.05, 3.63) is 36.0 Å². The van der Waals surface area contributed by atoms with Crippen molar-refractivity contribution in [2.24, 2.45) is 5.73 Å². The summed E-state index contributed by atoms with van der Waals surface area (Å²) in [5, 5.41) is 4.50. The Kier molecular flexibility index (Phi) is 3.88. The van der Waals surface area contributed by atoms with Gasteiger partial charge in [0.15, 0.2) is 0 Å². The number of rotatable bonds is 3. The van der Waals surface area contributed by atoms with Crippen molar-refractivity contribution in [2.75, 3.05) is 7.11 Å². The maximum absolute atomic E-state index is 11.1. The first-order chi connectivity index (χ1) is 9.81. The third-order valence-electron chi connectivity index (χ3n) is 2.97. The topological polar surface area (TPSA) is 79.4 Å². The van der Waals surface area contributed by atoms with Crippen LogP contribution in [-0.2, 0) is 5.41 Å². The van der Waals surface area contributed by atoms with Crippen LogP contribution in [0.3, 0.4) is 0 Å². The summed E-state index contributed by atoms with van der Waals surface area (Å²) < 4.78 is 11.7. The number of carbonyl (C=O) groups is 1. The van der Waals surface area contributed by atoms with E-state index >= 15 is 0 Å². The summed E-state index contributed by atoms with van der Waals surface area (Å²) in [5.74, 6) is 1.02. The number of aromatic nitrogens is 2. The van der Waals surface area contributed by atoms with E-state index in [1.54, 1.807) is 17.9 Å². The first kappa shape index (κ1) is 14.9. The summed E-state index contributed by atoms with van der Waals surface area (Å²) >= 11 is 0. The highest BCUT2D eigenvalue weighted by atomic mass is 16.6. The minimum atomic E-state index is -0.870. The maximum Gasteiger partial charge on any atom is 0.411 e. The van der Waals surface area contributed by atoms with Crippen LogP contribution in [0, 0.1) is 0 Å². The zero-order valence-corrected chi connectivity index (χ0v) is 12.6. The van der Waals surface area contributed by atoms with Gasteiger partial charge >= 0.3 is 6.09 Å². The molecular weight excluding hydrogens is 270 g/mol. The summed E-state index contributed by atoms with van der Waals surface area (Å²) in [4.78, 5) is 11.1.